The first kappa shape index (κ1) is 14.7. The van der Waals surface area contributed by atoms with Crippen LogP contribution in [0.25, 0.3) is 0 Å². The second kappa shape index (κ2) is 7.19. The van der Waals surface area contributed by atoms with E-state index in [4.69, 9.17) is 16.0 Å². The van der Waals surface area contributed by atoms with E-state index in [0.717, 1.165) is 0 Å². The van der Waals surface area contributed by atoms with Crippen molar-refractivity contribution >= 4 is 20.6 Å². The second-order valence-corrected chi connectivity index (χ2v) is 9.32. The summed E-state index contributed by atoms with van der Waals surface area (Å²) >= 11 is 6.05. The van der Waals surface area contributed by atoms with Gasteiger partial charge in [-0.1, -0.05) is 58.0 Å². The fraction of sp³-hybridized carbons (Fsp3) is 0.571. The van der Waals surface area contributed by atoms with Crippen molar-refractivity contribution in [2.24, 2.45) is 0 Å². The molecule has 1 aromatic rings. The highest BCUT2D eigenvalue weighted by Gasteiger charge is 2.25. The van der Waals surface area contributed by atoms with Crippen LogP contribution < -0.4 is 0 Å². The summed E-state index contributed by atoms with van der Waals surface area (Å²) in [6.07, 6.45) is 0.0549. The smallest absolute Gasteiger partial charge is 0.182 e. The molecule has 1 atom stereocenters. The molecule has 0 N–H and O–H groups in total. The zero-order valence-corrected chi connectivity index (χ0v) is 13.1. The van der Waals surface area contributed by atoms with E-state index in [1.165, 1.54) is 5.56 Å². The molecule has 1 nitrogen and oxygen atoms in total. The highest BCUT2D eigenvalue weighted by Crippen LogP contribution is 2.28. The average molecular weight is 271 g/mol. The van der Waals surface area contributed by atoms with Crippen LogP contribution in [0.3, 0.4) is 0 Å². The van der Waals surface area contributed by atoms with Gasteiger partial charge in [-0.2, -0.15) is 0 Å². The summed E-state index contributed by atoms with van der Waals surface area (Å²) in [7, 11) is -1.21. The van der Waals surface area contributed by atoms with E-state index in [-0.39, 0.29) is 6.10 Å². The van der Waals surface area contributed by atoms with Gasteiger partial charge in [0, 0.05) is 0 Å². The van der Waals surface area contributed by atoms with E-state index in [1.54, 1.807) is 0 Å². The second-order valence-electron chi connectivity index (χ2n) is 5.14. The van der Waals surface area contributed by atoms with E-state index >= 15 is 0 Å². The maximum absolute atomic E-state index is 6.32. The standard InChI is InChI=1S/C14H23ClOSi/c1-11(2)17(12(3)4)16-14(10-15)13-8-6-5-7-9-13/h5-9,11-12,14,17H,10H2,1-4H3. The first-order chi connectivity index (χ1) is 8.06. The SMILES string of the molecule is CC(C)[SiH](OC(CCl)c1ccccc1)C(C)C. The molecule has 0 aromatic heterocycles. The number of rotatable bonds is 6. The fourth-order valence-corrected chi connectivity index (χ4v) is 5.32. The molecule has 0 heterocycles. The third-order valence-electron chi connectivity index (χ3n) is 2.95. The highest BCUT2D eigenvalue weighted by molar-refractivity contribution is 6.55. The maximum Gasteiger partial charge on any atom is 0.182 e. The third kappa shape index (κ3) is 4.45. The number of benzene rings is 1. The molecule has 0 bridgehead atoms. The normalized spacial score (nSPS) is 13.6. The monoisotopic (exact) mass is 270 g/mol. The lowest BCUT2D eigenvalue weighted by Crippen LogP contribution is -2.28. The zero-order valence-electron chi connectivity index (χ0n) is 11.2. The number of alkyl halides is 1. The van der Waals surface area contributed by atoms with Gasteiger partial charge in [-0.3, -0.25) is 0 Å². The topological polar surface area (TPSA) is 9.23 Å². The van der Waals surface area contributed by atoms with Gasteiger partial charge in [-0.05, 0) is 16.6 Å². The van der Waals surface area contributed by atoms with Crippen LogP contribution in [0.5, 0.6) is 0 Å². The molecule has 0 amide bonds. The molecule has 0 aliphatic rings. The van der Waals surface area contributed by atoms with Crippen molar-refractivity contribution in [2.75, 3.05) is 5.88 Å². The molecule has 17 heavy (non-hydrogen) atoms. The predicted octanol–water partition coefficient (Wildman–Crippen LogP) is 4.53. The summed E-state index contributed by atoms with van der Waals surface area (Å²) in [4.78, 5) is 0. The summed E-state index contributed by atoms with van der Waals surface area (Å²) in [5, 5.41) is 0. The molecule has 0 spiro atoms. The van der Waals surface area contributed by atoms with E-state index in [0.29, 0.717) is 17.0 Å². The van der Waals surface area contributed by atoms with Gasteiger partial charge in [-0.15, -0.1) is 11.6 Å². The minimum Gasteiger partial charge on any atom is -0.411 e. The van der Waals surface area contributed by atoms with Crippen molar-refractivity contribution in [3.05, 3.63) is 35.9 Å². The Morgan fingerprint density at radius 3 is 2.00 bits per heavy atom. The van der Waals surface area contributed by atoms with Crippen LogP contribution in [0, 0.1) is 0 Å². The van der Waals surface area contributed by atoms with Gasteiger partial charge < -0.3 is 4.43 Å². The van der Waals surface area contributed by atoms with Crippen LogP contribution >= 0.6 is 11.6 Å². The summed E-state index contributed by atoms with van der Waals surface area (Å²) in [6, 6.07) is 10.3. The summed E-state index contributed by atoms with van der Waals surface area (Å²) < 4.78 is 6.32. The minimum atomic E-state index is -1.21. The van der Waals surface area contributed by atoms with Crippen molar-refractivity contribution < 1.29 is 4.43 Å². The van der Waals surface area contributed by atoms with E-state index in [2.05, 4.69) is 39.8 Å². The molecule has 1 unspecified atom stereocenters. The Morgan fingerprint density at radius 2 is 1.59 bits per heavy atom. The van der Waals surface area contributed by atoms with Crippen molar-refractivity contribution in [3.8, 4) is 0 Å². The first-order valence-electron chi connectivity index (χ1n) is 6.32. The van der Waals surface area contributed by atoms with Gasteiger partial charge in [0.15, 0.2) is 9.04 Å². The maximum atomic E-state index is 6.32. The third-order valence-corrected chi connectivity index (χ3v) is 6.50. The summed E-state index contributed by atoms with van der Waals surface area (Å²) in [5.41, 5.74) is 2.48. The minimum absolute atomic E-state index is 0.0549. The predicted molar refractivity (Wildman–Crippen MR) is 78.3 cm³/mol. The Hall–Kier alpha value is -0.313. The van der Waals surface area contributed by atoms with Gasteiger partial charge in [0.1, 0.15) is 0 Å². The molecule has 0 saturated carbocycles. The Bertz CT molecular complexity index is 305. The van der Waals surface area contributed by atoms with Gasteiger partial charge in [0.05, 0.1) is 12.0 Å². The van der Waals surface area contributed by atoms with Crippen molar-refractivity contribution in [1.29, 1.82) is 0 Å². The van der Waals surface area contributed by atoms with E-state index in [1.807, 2.05) is 18.2 Å². The van der Waals surface area contributed by atoms with Crippen LogP contribution in [-0.4, -0.2) is 14.9 Å². The van der Waals surface area contributed by atoms with E-state index in [9.17, 15) is 0 Å². The first-order valence-corrected chi connectivity index (χ1v) is 8.66. The quantitative estimate of drug-likeness (QED) is 0.545. The van der Waals surface area contributed by atoms with E-state index < -0.39 is 9.04 Å². The molecular weight excluding hydrogens is 248 g/mol. The van der Waals surface area contributed by atoms with Crippen LogP contribution in [-0.2, 0) is 4.43 Å². The Labute approximate surface area is 112 Å². The van der Waals surface area contributed by atoms with Gasteiger partial charge in [0.2, 0.25) is 0 Å². The molecule has 96 valence electrons. The average Bonchev–Trinajstić information content (AvgIpc) is 2.30. The molecule has 0 aliphatic heterocycles. The largest absolute Gasteiger partial charge is 0.411 e. The summed E-state index contributed by atoms with van der Waals surface area (Å²) in [6.45, 7) is 9.03. The molecule has 0 aliphatic carbocycles. The van der Waals surface area contributed by atoms with Crippen LogP contribution in [0.1, 0.15) is 39.4 Å². The Morgan fingerprint density at radius 1 is 1.06 bits per heavy atom. The number of hydrogen-bond donors (Lipinski definition) is 0. The lowest BCUT2D eigenvalue weighted by Gasteiger charge is -2.28. The number of hydrogen-bond acceptors (Lipinski definition) is 1. The molecule has 0 radical (unpaired) electrons. The molecule has 3 heteroatoms. The van der Waals surface area contributed by atoms with Gasteiger partial charge in [0.25, 0.3) is 0 Å². The lowest BCUT2D eigenvalue weighted by atomic mass is 10.1. The fourth-order valence-electron chi connectivity index (χ4n) is 2.15. The molecule has 1 rings (SSSR count). The van der Waals surface area contributed by atoms with Crippen LogP contribution in [0.4, 0.5) is 0 Å². The van der Waals surface area contributed by atoms with Crippen LogP contribution in [0.2, 0.25) is 11.1 Å². The molecule has 1 aromatic carbocycles. The zero-order chi connectivity index (χ0) is 12.8. The van der Waals surface area contributed by atoms with Crippen molar-refractivity contribution in [1.82, 2.24) is 0 Å². The summed E-state index contributed by atoms with van der Waals surface area (Å²) in [5.74, 6) is 0.535. The van der Waals surface area contributed by atoms with Crippen molar-refractivity contribution in [2.45, 2.75) is 44.9 Å². The number of halogens is 1. The van der Waals surface area contributed by atoms with Gasteiger partial charge in [-0.25, -0.2) is 0 Å². The Balaban J connectivity index is 2.75. The highest BCUT2D eigenvalue weighted by atomic mass is 35.5. The molecule has 0 fully saturated rings. The van der Waals surface area contributed by atoms with Crippen LogP contribution in [0.15, 0.2) is 30.3 Å². The Kier molecular flexibility index (Phi) is 6.24. The van der Waals surface area contributed by atoms with Gasteiger partial charge >= 0.3 is 0 Å². The van der Waals surface area contributed by atoms with Crippen molar-refractivity contribution in [3.63, 3.8) is 0 Å². The lowest BCUT2D eigenvalue weighted by molar-refractivity contribution is 0.221. The molecule has 0 saturated heterocycles. The molecular formula is C14H23ClOSi.